The van der Waals surface area contributed by atoms with Gasteiger partial charge in [-0.15, -0.1) is 0 Å². The number of rotatable bonds is 5. The van der Waals surface area contributed by atoms with Crippen LogP contribution in [-0.2, 0) is 6.42 Å². The van der Waals surface area contributed by atoms with Crippen molar-refractivity contribution in [2.45, 2.75) is 39.5 Å². The van der Waals surface area contributed by atoms with E-state index < -0.39 is 0 Å². The number of hydrogen-bond acceptors (Lipinski definition) is 2. The minimum absolute atomic E-state index is 0.646. The van der Waals surface area contributed by atoms with Crippen LogP contribution in [0.25, 0.3) is 0 Å². The Bertz CT molecular complexity index is 390. The van der Waals surface area contributed by atoms with Crippen molar-refractivity contribution in [2.75, 3.05) is 7.11 Å². The fraction of sp³-hybridized carbons (Fsp3) is 0.500. The maximum absolute atomic E-state index is 8.47. The molecule has 0 saturated heterocycles. The number of aryl methyl sites for hydroxylation is 3. The van der Waals surface area contributed by atoms with Gasteiger partial charge in [-0.1, -0.05) is 6.07 Å². The highest BCUT2D eigenvalue weighted by atomic mass is 16.5. The SMILES string of the molecule is COc1cc(C)c(C)cc1CCCCC#N. The number of nitriles is 1. The van der Waals surface area contributed by atoms with Crippen LogP contribution in [-0.4, -0.2) is 7.11 Å². The van der Waals surface area contributed by atoms with Crippen molar-refractivity contribution in [1.29, 1.82) is 5.26 Å². The van der Waals surface area contributed by atoms with Gasteiger partial charge >= 0.3 is 0 Å². The summed E-state index contributed by atoms with van der Waals surface area (Å²) in [5, 5.41) is 8.47. The minimum atomic E-state index is 0.646. The molecule has 1 rings (SSSR count). The van der Waals surface area contributed by atoms with Crippen molar-refractivity contribution in [2.24, 2.45) is 0 Å². The van der Waals surface area contributed by atoms with Crippen LogP contribution in [0.4, 0.5) is 0 Å². The molecule has 0 bridgehead atoms. The van der Waals surface area contributed by atoms with Crippen molar-refractivity contribution >= 4 is 0 Å². The van der Waals surface area contributed by atoms with Crippen LogP contribution >= 0.6 is 0 Å². The van der Waals surface area contributed by atoms with Gasteiger partial charge in [-0.05, 0) is 55.9 Å². The number of hydrogen-bond donors (Lipinski definition) is 0. The molecular formula is C14H19NO. The summed E-state index contributed by atoms with van der Waals surface area (Å²) in [5.74, 6) is 0.972. The van der Waals surface area contributed by atoms with Gasteiger partial charge in [-0.3, -0.25) is 0 Å². The second kappa shape index (κ2) is 6.17. The van der Waals surface area contributed by atoms with Gasteiger partial charge in [0.05, 0.1) is 13.2 Å². The van der Waals surface area contributed by atoms with Crippen LogP contribution in [0.15, 0.2) is 12.1 Å². The topological polar surface area (TPSA) is 33.0 Å². The molecule has 0 aromatic heterocycles. The summed E-state index contributed by atoms with van der Waals surface area (Å²) >= 11 is 0. The summed E-state index contributed by atoms with van der Waals surface area (Å²) in [6.45, 7) is 4.21. The molecule has 2 heteroatoms. The molecule has 0 aliphatic rings. The summed E-state index contributed by atoms with van der Waals surface area (Å²) < 4.78 is 5.37. The van der Waals surface area contributed by atoms with Crippen LogP contribution in [0.5, 0.6) is 5.75 Å². The van der Waals surface area contributed by atoms with Crippen molar-refractivity contribution in [1.82, 2.24) is 0 Å². The first-order chi connectivity index (χ1) is 7.69. The Morgan fingerprint density at radius 3 is 2.50 bits per heavy atom. The molecule has 0 radical (unpaired) electrons. The average Bonchev–Trinajstić information content (AvgIpc) is 2.28. The number of ether oxygens (including phenoxy) is 1. The first kappa shape index (κ1) is 12.6. The van der Waals surface area contributed by atoms with E-state index in [2.05, 4.69) is 32.0 Å². The van der Waals surface area contributed by atoms with Crippen molar-refractivity contribution in [3.63, 3.8) is 0 Å². The van der Waals surface area contributed by atoms with Crippen LogP contribution in [0.1, 0.15) is 36.0 Å². The summed E-state index contributed by atoms with van der Waals surface area (Å²) in [4.78, 5) is 0. The Labute approximate surface area is 97.9 Å². The number of nitrogens with zero attached hydrogens (tertiary/aromatic N) is 1. The standard InChI is InChI=1S/C14H19NO/c1-11-9-13(7-5-4-6-8-15)14(16-3)10-12(11)2/h9-10H,4-7H2,1-3H3. The fourth-order valence-corrected chi connectivity index (χ4v) is 1.75. The van der Waals surface area contributed by atoms with Crippen LogP contribution < -0.4 is 4.74 Å². The van der Waals surface area contributed by atoms with E-state index in [1.54, 1.807) is 7.11 Å². The molecule has 0 fully saturated rings. The summed E-state index contributed by atoms with van der Waals surface area (Å²) in [6.07, 6.45) is 3.65. The zero-order valence-electron chi connectivity index (χ0n) is 10.3. The minimum Gasteiger partial charge on any atom is -0.496 e. The zero-order valence-corrected chi connectivity index (χ0v) is 10.3. The third-order valence-electron chi connectivity index (χ3n) is 2.88. The van der Waals surface area contributed by atoms with E-state index in [-0.39, 0.29) is 0 Å². The summed E-state index contributed by atoms with van der Waals surface area (Å²) in [6, 6.07) is 6.46. The Kier molecular flexibility index (Phi) is 4.85. The molecule has 0 amide bonds. The van der Waals surface area contributed by atoms with Crippen LogP contribution in [0.3, 0.4) is 0 Å². The molecular weight excluding hydrogens is 198 g/mol. The largest absolute Gasteiger partial charge is 0.496 e. The monoisotopic (exact) mass is 217 g/mol. The molecule has 16 heavy (non-hydrogen) atoms. The third kappa shape index (κ3) is 3.27. The van der Waals surface area contributed by atoms with E-state index in [9.17, 15) is 0 Å². The highest BCUT2D eigenvalue weighted by Crippen LogP contribution is 2.24. The summed E-state index contributed by atoms with van der Waals surface area (Å²) in [5.41, 5.74) is 3.82. The lowest BCUT2D eigenvalue weighted by Crippen LogP contribution is -1.95. The van der Waals surface area contributed by atoms with Gasteiger partial charge in [0.2, 0.25) is 0 Å². The van der Waals surface area contributed by atoms with Gasteiger partial charge in [-0.25, -0.2) is 0 Å². The first-order valence-electron chi connectivity index (χ1n) is 5.70. The van der Waals surface area contributed by atoms with Crippen molar-refractivity contribution in [3.8, 4) is 11.8 Å². The molecule has 2 nitrogen and oxygen atoms in total. The maximum Gasteiger partial charge on any atom is 0.122 e. The highest BCUT2D eigenvalue weighted by molar-refractivity contribution is 5.41. The number of methoxy groups -OCH3 is 1. The zero-order chi connectivity index (χ0) is 12.0. The number of unbranched alkanes of at least 4 members (excludes halogenated alkanes) is 2. The van der Waals surface area contributed by atoms with Crippen LogP contribution in [0.2, 0.25) is 0 Å². The highest BCUT2D eigenvalue weighted by Gasteiger charge is 2.05. The predicted molar refractivity (Wildman–Crippen MR) is 65.6 cm³/mol. The molecule has 0 heterocycles. The van der Waals surface area contributed by atoms with Gasteiger partial charge in [-0.2, -0.15) is 5.26 Å². The van der Waals surface area contributed by atoms with Crippen molar-refractivity contribution in [3.05, 3.63) is 28.8 Å². The molecule has 0 aliphatic carbocycles. The second-order valence-corrected chi connectivity index (χ2v) is 4.11. The van der Waals surface area contributed by atoms with Gasteiger partial charge in [0, 0.05) is 6.42 Å². The maximum atomic E-state index is 8.47. The second-order valence-electron chi connectivity index (χ2n) is 4.11. The molecule has 0 N–H and O–H groups in total. The van der Waals surface area contributed by atoms with Gasteiger partial charge in [0.1, 0.15) is 5.75 Å². The van der Waals surface area contributed by atoms with E-state index in [4.69, 9.17) is 10.00 Å². The molecule has 0 spiro atoms. The molecule has 0 saturated carbocycles. The Hall–Kier alpha value is -1.49. The van der Waals surface area contributed by atoms with Crippen molar-refractivity contribution < 1.29 is 4.74 Å². The lowest BCUT2D eigenvalue weighted by molar-refractivity contribution is 0.408. The molecule has 0 atom stereocenters. The molecule has 0 unspecified atom stereocenters. The van der Waals surface area contributed by atoms with E-state index in [1.165, 1.54) is 16.7 Å². The van der Waals surface area contributed by atoms with Crippen LogP contribution in [0, 0.1) is 25.2 Å². The van der Waals surface area contributed by atoms with E-state index >= 15 is 0 Å². The Morgan fingerprint density at radius 2 is 1.88 bits per heavy atom. The fourth-order valence-electron chi connectivity index (χ4n) is 1.75. The van der Waals surface area contributed by atoms with Gasteiger partial charge in [0.15, 0.2) is 0 Å². The average molecular weight is 217 g/mol. The third-order valence-corrected chi connectivity index (χ3v) is 2.88. The smallest absolute Gasteiger partial charge is 0.122 e. The van der Waals surface area contributed by atoms with E-state index in [1.807, 2.05) is 0 Å². The molecule has 0 aliphatic heterocycles. The molecule has 1 aromatic carbocycles. The molecule has 86 valence electrons. The van der Waals surface area contributed by atoms with E-state index in [0.29, 0.717) is 6.42 Å². The van der Waals surface area contributed by atoms with E-state index in [0.717, 1.165) is 25.0 Å². The lowest BCUT2D eigenvalue weighted by Gasteiger charge is -2.11. The lowest BCUT2D eigenvalue weighted by atomic mass is 10.0. The summed E-state index contributed by atoms with van der Waals surface area (Å²) in [7, 11) is 1.71. The predicted octanol–water partition coefficient (Wildman–Crippen LogP) is 3.55. The van der Waals surface area contributed by atoms with Gasteiger partial charge < -0.3 is 4.74 Å². The Morgan fingerprint density at radius 1 is 1.19 bits per heavy atom. The first-order valence-corrected chi connectivity index (χ1v) is 5.70. The quantitative estimate of drug-likeness (QED) is 0.707. The Balaban J connectivity index is 2.71. The normalized spacial score (nSPS) is 9.88. The molecule has 1 aromatic rings. The van der Waals surface area contributed by atoms with Gasteiger partial charge in [0.25, 0.3) is 0 Å². The number of benzene rings is 1.